The molecule has 86 valence electrons. The Morgan fingerprint density at radius 3 is 2.73 bits per heavy atom. The second-order valence-electron chi connectivity index (χ2n) is 3.93. The van der Waals surface area contributed by atoms with Gasteiger partial charge >= 0.3 is 12.0 Å². The van der Waals surface area contributed by atoms with Gasteiger partial charge in [-0.3, -0.25) is 4.79 Å². The van der Waals surface area contributed by atoms with Crippen LogP contribution in [0, 0.1) is 0 Å². The Hall–Kier alpha value is -1.26. The predicted molar refractivity (Wildman–Crippen MR) is 55.7 cm³/mol. The minimum absolute atomic E-state index is 0.165. The molecule has 1 unspecified atom stereocenters. The number of aliphatic carboxylic acids is 1. The van der Waals surface area contributed by atoms with Gasteiger partial charge in [-0.15, -0.1) is 0 Å². The van der Waals surface area contributed by atoms with Gasteiger partial charge in [-0.2, -0.15) is 0 Å². The molecule has 1 atom stereocenters. The second-order valence-corrected chi connectivity index (χ2v) is 3.93. The summed E-state index contributed by atoms with van der Waals surface area (Å²) in [7, 11) is 1.53. The topological polar surface area (TPSA) is 60.9 Å². The molecule has 1 fully saturated rings. The summed E-state index contributed by atoms with van der Waals surface area (Å²) in [5, 5.41) is 8.59. The zero-order valence-corrected chi connectivity index (χ0v) is 9.27. The average Bonchev–Trinajstić information content (AvgIpc) is 2.62. The van der Waals surface area contributed by atoms with Crippen molar-refractivity contribution in [1.29, 1.82) is 0 Å². The summed E-state index contributed by atoms with van der Waals surface area (Å²) in [6.07, 6.45) is 2.99. The van der Waals surface area contributed by atoms with Gasteiger partial charge < -0.3 is 14.9 Å². The summed E-state index contributed by atoms with van der Waals surface area (Å²) in [5.41, 5.74) is 0. The van der Waals surface area contributed by atoms with E-state index in [1.807, 2.05) is 6.92 Å². The number of carbonyl (C=O) groups is 2. The van der Waals surface area contributed by atoms with Crippen molar-refractivity contribution >= 4 is 12.0 Å². The lowest BCUT2D eigenvalue weighted by atomic mass is 10.2. The molecule has 0 saturated carbocycles. The van der Waals surface area contributed by atoms with Crippen LogP contribution in [0.3, 0.4) is 0 Å². The summed E-state index contributed by atoms with van der Waals surface area (Å²) >= 11 is 0. The first-order chi connectivity index (χ1) is 7.06. The third-order valence-electron chi connectivity index (χ3n) is 2.79. The Morgan fingerprint density at radius 1 is 1.53 bits per heavy atom. The van der Waals surface area contributed by atoms with E-state index in [0.717, 1.165) is 25.8 Å². The fraction of sp³-hybridized carbons (Fsp3) is 0.800. The predicted octanol–water partition coefficient (Wildman–Crippen LogP) is 0.997. The summed E-state index contributed by atoms with van der Waals surface area (Å²) in [4.78, 5) is 25.3. The first-order valence-corrected chi connectivity index (χ1v) is 5.29. The van der Waals surface area contributed by atoms with E-state index < -0.39 is 5.97 Å². The summed E-state index contributed by atoms with van der Waals surface area (Å²) < 4.78 is 0. The van der Waals surface area contributed by atoms with E-state index in [1.165, 1.54) is 11.9 Å². The fourth-order valence-electron chi connectivity index (χ4n) is 2.00. The molecule has 0 radical (unpaired) electrons. The molecule has 0 bridgehead atoms. The van der Waals surface area contributed by atoms with Crippen LogP contribution in [0.4, 0.5) is 4.79 Å². The van der Waals surface area contributed by atoms with Crippen LogP contribution in [-0.2, 0) is 4.79 Å². The highest BCUT2D eigenvalue weighted by atomic mass is 16.4. The molecule has 5 heteroatoms. The Kier molecular flexibility index (Phi) is 3.94. The molecule has 5 nitrogen and oxygen atoms in total. The zero-order valence-electron chi connectivity index (χ0n) is 9.27. The first-order valence-electron chi connectivity index (χ1n) is 5.29. The molecule has 1 rings (SSSR count). The van der Waals surface area contributed by atoms with Crippen molar-refractivity contribution in [3.05, 3.63) is 0 Å². The van der Waals surface area contributed by atoms with Crippen molar-refractivity contribution in [3.63, 3.8) is 0 Å². The van der Waals surface area contributed by atoms with Gasteiger partial charge in [0.05, 0.1) is 0 Å². The minimum atomic E-state index is -0.974. The monoisotopic (exact) mass is 214 g/mol. The van der Waals surface area contributed by atoms with Crippen LogP contribution >= 0.6 is 0 Å². The molecular formula is C10H18N2O3. The van der Waals surface area contributed by atoms with Crippen LogP contribution in [0.2, 0.25) is 0 Å². The number of carboxylic acids is 1. The smallest absolute Gasteiger partial charge is 0.323 e. The zero-order chi connectivity index (χ0) is 11.4. The van der Waals surface area contributed by atoms with Crippen molar-refractivity contribution < 1.29 is 14.7 Å². The summed E-state index contributed by atoms with van der Waals surface area (Å²) in [6, 6.07) is 0.121. The first kappa shape index (κ1) is 11.8. The highest BCUT2D eigenvalue weighted by molar-refractivity contribution is 5.80. The maximum atomic E-state index is 11.8. The van der Waals surface area contributed by atoms with Gasteiger partial charge in [0.25, 0.3) is 0 Å². The van der Waals surface area contributed by atoms with Crippen LogP contribution in [0.1, 0.15) is 26.2 Å². The molecule has 0 aromatic heterocycles. The number of hydrogen-bond acceptors (Lipinski definition) is 2. The van der Waals surface area contributed by atoms with Gasteiger partial charge in [-0.25, -0.2) is 4.79 Å². The highest BCUT2D eigenvalue weighted by Gasteiger charge is 2.29. The number of hydrogen-bond donors (Lipinski definition) is 1. The summed E-state index contributed by atoms with van der Waals surface area (Å²) in [5.74, 6) is -0.974. The Labute approximate surface area is 89.7 Å². The Balaban J connectivity index is 2.55. The van der Waals surface area contributed by atoms with Crippen molar-refractivity contribution in [2.45, 2.75) is 32.2 Å². The highest BCUT2D eigenvalue weighted by Crippen LogP contribution is 2.20. The van der Waals surface area contributed by atoms with Crippen molar-refractivity contribution in [2.24, 2.45) is 0 Å². The summed E-state index contributed by atoms with van der Waals surface area (Å²) in [6.45, 7) is 2.57. The molecule has 0 aromatic carbocycles. The lowest BCUT2D eigenvalue weighted by Crippen LogP contribution is -2.45. The number of urea groups is 1. The van der Waals surface area contributed by atoms with E-state index in [1.54, 1.807) is 4.90 Å². The standard InChI is InChI=1S/C10H18N2O3/c1-3-8-5-4-6-12(8)10(15)11(2)7-9(13)14/h8H,3-7H2,1-2H3,(H,13,14). The van der Waals surface area contributed by atoms with Crippen LogP contribution in [0.15, 0.2) is 0 Å². The molecule has 0 spiro atoms. The number of carbonyl (C=O) groups excluding carboxylic acids is 1. The minimum Gasteiger partial charge on any atom is -0.480 e. The van der Waals surface area contributed by atoms with Crippen LogP contribution in [-0.4, -0.2) is 53.1 Å². The molecule has 1 saturated heterocycles. The van der Waals surface area contributed by atoms with Gasteiger partial charge in [0.1, 0.15) is 6.54 Å². The normalized spacial score (nSPS) is 20.4. The molecule has 2 amide bonds. The molecule has 1 heterocycles. The molecule has 0 aromatic rings. The van der Waals surface area contributed by atoms with E-state index in [9.17, 15) is 9.59 Å². The van der Waals surface area contributed by atoms with E-state index >= 15 is 0 Å². The van der Waals surface area contributed by atoms with Gasteiger partial charge in [-0.1, -0.05) is 6.92 Å². The van der Waals surface area contributed by atoms with Gasteiger partial charge in [0.15, 0.2) is 0 Å². The van der Waals surface area contributed by atoms with Crippen LogP contribution in [0.25, 0.3) is 0 Å². The number of nitrogens with zero attached hydrogens (tertiary/aromatic N) is 2. The lowest BCUT2D eigenvalue weighted by molar-refractivity contribution is -0.137. The number of amides is 2. The molecular weight excluding hydrogens is 196 g/mol. The van der Waals surface area contributed by atoms with Crippen molar-refractivity contribution in [1.82, 2.24) is 9.80 Å². The number of carboxylic acid groups (broad SMARTS) is 1. The lowest BCUT2D eigenvalue weighted by Gasteiger charge is -2.28. The third-order valence-corrected chi connectivity index (χ3v) is 2.79. The van der Waals surface area contributed by atoms with Gasteiger partial charge in [-0.05, 0) is 19.3 Å². The third kappa shape index (κ3) is 2.84. The van der Waals surface area contributed by atoms with Crippen molar-refractivity contribution in [3.8, 4) is 0 Å². The fourth-order valence-corrected chi connectivity index (χ4v) is 2.00. The Morgan fingerprint density at radius 2 is 2.20 bits per heavy atom. The molecule has 15 heavy (non-hydrogen) atoms. The second kappa shape index (κ2) is 5.00. The SMILES string of the molecule is CCC1CCCN1C(=O)N(C)CC(=O)O. The van der Waals surface area contributed by atoms with Crippen LogP contribution < -0.4 is 0 Å². The van der Waals surface area contributed by atoms with E-state index in [2.05, 4.69) is 0 Å². The average molecular weight is 214 g/mol. The van der Waals surface area contributed by atoms with E-state index in [-0.39, 0.29) is 18.6 Å². The quantitative estimate of drug-likeness (QED) is 0.762. The van der Waals surface area contributed by atoms with Crippen LogP contribution in [0.5, 0.6) is 0 Å². The molecule has 1 aliphatic heterocycles. The Bertz CT molecular complexity index is 255. The van der Waals surface area contributed by atoms with Crippen molar-refractivity contribution in [2.75, 3.05) is 20.1 Å². The van der Waals surface area contributed by atoms with Gasteiger partial charge in [0, 0.05) is 19.6 Å². The molecule has 1 aliphatic rings. The van der Waals surface area contributed by atoms with E-state index in [0.29, 0.717) is 0 Å². The van der Waals surface area contributed by atoms with Gasteiger partial charge in [0.2, 0.25) is 0 Å². The largest absolute Gasteiger partial charge is 0.480 e. The number of rotatable bonds is 3. The van der Waals surface area contributed by atoms with E-state index in [4.69, 9.17) is 5.11 Å². The molecule has 0 aliphatic carbocycles. The number of likely N-dealkylation sites (tertiary alicyclic amines) is 1. The number of likely N-dealkylation sites (N-methyl/N-ethyl adjacent to an activating group) is 1. The maximum absolute atomic E-state index is 11.8. The maximum Gasteiger partial charge on any atom is 0.323 e. The molecule has 1 N–H and O–H groups in total.